The molecule has 0 spiro atoms. The second-order valence-electron chi connectivity index (χ2n) is 7.01. The van der Waals surface area contributed by atoms with Gasteiger partial charge in [0.25, 0.3) is 0 Å². The van der Waals surface area contributed by atoms with Gasteiger partial charge >= 0.3 is 6.03 Å². The molecule has 1 fully saturated rings. The number of rotatable bonds is 3. The Morgan fingerprint density at radius 2 is 2.10 bits per heavy atom. The van der Waals surface area contributed by atoms with Crippen molar-refractivity contribution in [3.05, 3.63) is 54.7 Å². The molecule has 0 radical (unpaired) electrons. The van der Waals surface area contributed by atoms with Gasteiger partial charge in [-0.15, -0.1) is 0 Å². The molecule has 1 unspecified atom stereocenters. The van der Waals surface area contributed by atoms with Gasteiger partial charge in [0.05, 0.1) is 35.9 Å². The molecule has 2 aliphatic heterocycles. The van der Waals surface area contributed by atoms with E-state index in [0.717, 1.165) is 36.5 Å². The van der Waals surface area contributed by atoms with Crippen LogP contribution in [0.3, 0.4) is 0 Å². The number of fused-ring (bicyclic) bond motifs is 4. The van der Waals surface area contributed by atoms with E-state index in [2.05, 4.69) is 25.2 Å². The van der Waals surface area contributed by atoms with Crippen LogP contribution in [-0.4, -0.2) is 50.2 Å². The first-order valence-corrected chi connectivity index (χ1v) is 9.41. The van der Waals surface area contributed by atoms with Crippen molar-refractivity contribution in [3.8, 4) is 11.3 Å². The highest BCUT2D eigenvalue weighted by molar-refractivity contribution is 6.04. The van der Waals surface area contributed by atoms with Crippen LogP contribution in [0.15, 0.2) is 49.1 Å². The molecule has 0 aromatic carbocycles. The maximum atomic E-state index is 13.1. The summed E-state index contributed by atoms with van der Waals surface area (Å²) in [7, 11) is 0. The van der Waals surface area contributed by atoms with Gasteiger partial charge in [0, 0.05) is 37.2 Å². The van der Waals surface area contributed by atoms with Crippen molar-refractivity contribution >= 4 is 23.4 Å². The molecule has 2 aliphatic rings. The van der Waals surface area contributed by atoms with Gasteiger partial charge < -0.3 is 10.0 Å². The highest BCUT2D eigenvalue weighted by atomic mass is 16.3. The molecule has 29 heavy (non-hydrogen) atoms. The Morgan fingerprint density at radius 3 is 2.86 bits per heavy atom. The van der Waals surface area contributed by atoms with Gasteiger partial charge in [-0.3, -0.25) is 20.2 Å². The molecule has 1 atom stereocenters. The van der Waals surface area contributed by atoms with E-state index < -0.39 is 0 Å². The number of hydrogen-bond donors (Lipinski definition) is 2. The Labute approximate surface area is 167 Å². The molecule has 9 nitrogen and oxygen atoms in total. The Kier molecular flexibility index (Phi) is 4.28. The average molecular weight is 389 g/mol. The normalized spacial score (nSPS) is 17.2. The number of anilines is 3. The van der Waals surface area contributed by atoms with E-state index in [1.165, 1.54) is 12.4 Å². The first kappa shape index (κ1) is 17.5. The number of amides is 2. The van der Waals surface area contributed by atoms with Crippen molar-refractivity contribution in [1.29, 1.82) is 0 Å². The summed E-state index contributed by atoms with van der Waals surface area (Å²) in [5.41, 5.74) is 3.09. The van der Waals surface area contributed by atoms with Gasteiger partial charge in [0.15, 0.2) is 11.6 Å². The van der Waals surface area contributed by atoms with E-state index in [4.69, 9.17) is 4.98 Å². The molecular weight excluding hydrogens is 370 g/mol. The van der Waals surface area contributed by atoms with E-state index in [-0.39, 0.29) is 18.7 Å². The largest absolute Gasteiger partial charge is 0.390 e. The summed E-state index contributed by atoms with van der Waals surface area (Å²) in [6.45, 7) is 1.57. The molecule has 1 saturated heterocycles. The Balaban J connectivity index is 1.51. The molecule has 3 aromatic rings. The zero-order valence-electron chi connectivity index (χ0n) is 15.6. The Hall–Kier alpha value is -3.59. The zero-order valence-corrected chi connectivity index (χ0v) is 15.6. The lowest BCUT2D eigenvalue weighted by Crippen LogP contribution is -2.48. The van der Waals surface area contributed by atoms with Gasteiger partial charge in [-0.25, -0.2) is 14.8 Å². The van der Waals surface area contributed by atoms with Crippen molar-refractivity contribution in [2.75, 3.05) is 28.2 Å². The van der Waals surface area contributed by atoms with Crippen molar-refractivity contribution in [1.82, 2.24) is 19.9 Å². The summed E-state index contributed by atoms with van der Waals surface area (Å²) in [5.74, 6) is 1.03. The molecule has 9 heteroatoms. The molecule has 2 amide bonds. The van der Waals surface area contributed by atoms with Crippen LogP contribution in [0.4, 0.5) is 22.1 Å². The van der Waals surface area contributed by atoms with Crippen LogP contribution in [-0.2, 0) is 6.61 Å². The number of hydrogen-bond acceptors (Lipinski definition) is 7. The minimum absolute atomic E-state index is 0.0526. The van der Waals surface area contributed by atoms with Crippen LogP contribution in [0, 0.1) is 0 Å². The summed E-state index contributed by atoms with van der Waals surface area (Å²) in [6, 6.07) is 7.36. The maximum Gasteiger partial charge on any atom is 0.329 e. The van der Waals surface area contributed by atoms with Gasteiger partial charge in [0.1, 0.15) is 0 Å². The van der Waals surface area contributed by atoms with Crippen LogP contribution < -0.4 is 15.1 Å². The Morgan fingerprint density at radius 1 is 1.17 bits per heavy atom. The van der Waals surface area contributed by atoms with E-state index in [1.54, 1.807) is 23.4 Å². The third-order valence-corrected chi connectivity index (χ3v) is 5.25. The van der Waals surface area contributed by atoms with Crippen molar-refractivity contribution < 1.29 is 9.90 Å². The van der Waals surface area contributed by atoms with Crippen LogP contribution in [0.5, 0.6) is 0 Å². The number of nitrogens with one attached hydrogen (secondary N) is 1. The highest BCUT2D eigenvalue weighted by Gasteiger charge is 2.40. The fraction of sp³-hybridized carbons (Fsp3) is 0.250. The lowest BCUT2D eigenvalue weighted by molar-refractivity contribution is 0.254. The summed E-state index contributed by atoms with van der Waals surface area (Å²) >= 11 is 0. The molecule has 5 heterocycles. The number of pyridine rings is 2. The summed E-state index contributed by atoms with van der Waals surface area (Å²) < 4.78 is 0. The number of aliphatic hydroxyl groups excluding tert-OH is 1. The lowest BCUT2D eigenvalue weighted by atomic mass is 10.1. The molecule has 146 valence electrons. The number of carbonyl (C=O) groups excluding carboxylic acids is 1. The second-order valence-corrected chi connectivity index (χ2v) is 7.01. The van der Waals surface area contributed by atoms with Gasteiger partial charge in [0.2, 0.25) is 0 Å². The molecule has 0 saturated carbocycles. The fourth-order valence-corrected chi connectivity index (χ4v) is 3.84. The van der Waals surface area contributed by atoms with Crippen LogP contribution in [0.25, 0.3) is 11.3 Å². The molecule has 5 rings (SSSR count). The standard InChI is InChI=1S/C20H19N7O2/c28-12-14-2-1-13(9-23-14)16-3-4-17-19(24-16)27(15-5-8-26(17)11-15)20(29)25-18-10-21-6-7-22-18/h1-4,6-7,9-10,15,28H,5,8,11-12H2,(H,22,25,29). The van der Waals surface area contributed by atoms with Crippen LogP contribution in [0.2, 0.25) is 0 Å². The number of aliphatic hydroxyl groups is 1. The molecule has 0 aliphatic carbocycles. The first-order valence-electron chi connectivity index (χ1n) is 9.41. The summed E-state index contributed by atoms with van der Waals surface area (Å²) in [5, 5.41) is 12.0. The molecular formula is C20H19N7O2. The third kappa shape index (κ3) is 3.15. The second kappa shape index (κ2) is 7.10. The number of aromatic nitrogens is 4. The van der Waals surface area contributed by atoms with Crippen LogP contribution in [0.1, 0.15) is 12.1 Å². The molecule has 2 N–H and O–H groups in total. The zero-order chi connectivity index (χ0) is 19.8. The maximum absolute atomic E-state index is 13.1. The number of urea groups is 1. The lowest BCUT2D eigenvalue weighted by Gasteiger charge is -2.35. The minimum Gasteiger partial charge on any atom is -0.390 e. The summed E-state index contributed by atoms with van der Waals surface area (Å²) in [4.78, 5) is 34.3. The molecule has 2 bridgehead atoms. The van der Waals surface area contributed by atoms with Crippen molar-refractivity contribution in [2.24, 2.45) is 0 Å². The highest BCUT2D eigenvalue weighted by Crippen LogP contribution is 2.40. The van der Waals surface area contributed by atoms with E-state index in [0.29, 0.717) is 17.3 Å². The quantitative estimate of drug-likeness (QED) is 0.706. The predicted octanol–water partition coefficient (Wildman–Crippen LogP) is 2.06. The first-order chi connectivity index (χ1) is 14.2. The minimum atomic E-state index is -0.267. The van der Waals surface area contributed by atoms with Crippen molar-refractivity contribution in [3.63, 3.8) is 0 Å². The number of nitrogens with zero attached hydrogens (tertiary/aromatic N) is 6. The summed E-state index contributed by atoms with van der Waals surface area (Å²) in [6.07, 6.45) is 7.18. The smallest absolute Gasteiger partial charge is 0.329 e. The SMILES string of the molecule is O=C(Nc1cnccn1)N1c2nc(-c3ccc(CO)nc3)ccc2N2CCC1C2. The van der Waals surface area contributed by atoms with E-state index in [1.807, 2.05) is 18.2 Å². The van der Waals surface area contributed by atoms with Crippen LogP contribution >= 0.6 is 0 Å². The van der Waals surface area contributed by atoms with E-state index >= 15 is 0 Å². The average Bonchev–Trinajstić information content (AvgIpc) is 3.18. The number of carbonyl (C=O) groups is 1. The van der Waals surface area contributed by atoms with Crippen molar-refractivity contribution in [2.45, 2.75) is 19.1 Å². The topological polar surface area (TPSA) is 107 Å². The Bertz CT molecular complexity index is 1040. The fourth-order valence-electron chi connectivity index (χ4n) is 3.84. The molecule has 3 aromatic heterocycles. The monoisotopic (exact) mass is 389 g/mol. The predicted molar refractivity (Wildman–Crippen MR) is 108 cm³/mol. The van der Waals surface area contributed by atoms with Gasteiger partial charge in [-0.2, -0.15) is 0 Å². The van der Waals surface area contributed by atoms with Gasteiger partial charge in [-0.05, 0) is 30.7 Å². The van der Waals surface area contributed by atoms with Gasteiger partial charge in [-0.1, -0.05) is 0 Å². The van der Waals surface area contributed by atoms with E-state index in [9.17, 15) is 9.90 Å². The third-order valence-electron chi connectivity index (χ3n) is 5.25.